The number of carbonyl (C=O) groups excluding carboxylic acids is 2. The lowest BCUT2D eigenvalue weighted by Gasteiger charge is -2.28. The summed E-state index contributed by atoms with van der Waals surface area (Å²) in [7, 11) is 1.48. The lowest BCUT2D eigenvalue weighted by Crippen LogP contribution is -2.36. The quantitative estimate of drug-likeness (QED) is 0.242. The number of Topliss-reactive ketones (excluding diaryl/α,β-unsaturated/α-hetero) is 1. The lowest BCUT2D eigenvalue weighted by molar-refractivity contribution is -0.384. The predicted molar refractivity (Wildman–Crippen MR) is 114 cm³/mol. The molecule has 0 aliphatic carbocycles. The minimum absolute atomic E-state index is 0.0780. The number of nitro benzene ring substituents is 1. The molecule has 2 aromatic carbocycles. The van der Waals surface area contributed by atoms with E-state index in [0.717, 1.165) is 12.8 Å². The van der Waals surface area contributed by atoms with Gasteiger partial charge in [0.15, 0.2) is 0 Å². The number of benzene rings is 2. The zero-order chi connectivity index (χ0) is 22.8. The molecule has 0 aromatic heterocycles. The molecule has 9 heteroatoms. The molecule has 1 N–H and O–H groups in total. The molecule has 2 heterocycles. The summed E-state index contributed by atoms with van der Waals surface area (Å²) in [6.07, 6.45) is 1.40. The number of ether oxygens (including phenoxy) is 2. The molecule has 2 aliphatic rings. The van der Waals surface area contributed by atoms with Crippen molar-refractivity contribution in [1.82, 2.24) is 4.90 Å². The molecule has 1 amide bonds. The molecule has 2 atom stereocenters. The van der Waals surface area contributed by atoms with E-state index in [1.807, 2.05) is 0 Å². The van der Waals surface area contributed by atoms with E-state index in [0.29, 0.717) is 17.9 Å². The molecule has 4 rings (SSSR count). The SMILES string of the molecule is COc1ccccc1C1/C(=C(\O)c2cccc([N+](=O)[O-])c2)C(=O)C(=O)N1CC1CCCO1. The molecule has 0 radical (unpaired) electrons. The van der Waals surface area contributed by atoms with Crippen LogP contribution in [0.5, 0.6) is 5.75 Å². The van der Waals surface area contributed by atoms with Crippen LogP contribution in [0, 0.1) is 10.1 Å². The van der Waals surface area contributed by atoms with Crippen LogP contribution >= 0.6 is 0 Å². The Morgan fingerprint density at radius 1 is 1.25 bits per heavy atom. The average molecular weight is 438 g/mol. The number of methoxy groups -OCH3 is 1. The Morgan fingerprint density at radius 2 is 2.03 bits per heavy atom. The maximum absolute atomic E-state index is 13.1. The molecule has 0 saturated carbocycles. The van der Waals surface area contributed by atoms with Crippen molar-refractivity contribution in [2.75, 3.05) is 20.3 Å². The monoisotopic (exact) mass is 438 g/mol. The van der Waals surface area contributed by atoms with Gasteiger partial charge in [-0.2, -0.15) is 0 Å². The normalized spacial score (nSPS) is 22.3. The Kier molecular flexibility index (Phi) is 5.91. The summed E-state index contributed by atoms with van der Waals surface area (Å²) in [4.78, 5) is 38.1. The number of non-ortho nitro benzene ring substituents is 1. The van der Waals surface area contributed by atoms with Gasteiger partial charge in [-0.15, -0.1) is 0 Å². The van der Waals surface area contributed by atoms with Crippen molar-refractivity contribution in [1.29, 1.82) is 0 Å². The first kappa shape index (κ1) is 21.5. The van der Waals surface area contributed by atoms with E-state index >= 15 is 0 Å². The van der Waals surface area contributed by atoms with Crippen molar-refractivity contribution < 1.29 is 29.1 Å². The highest BCUT2D eigenvalue weighted by atomic mass is 16.6. The number of likely N-dealkylation sites (tertiary alicyclic amines) is 1. The Balaban J connectivity index is 1.87. The molecule has 2 fully saturated rings. The first-order valence-corrected chi connectivity index (χ1v) is 10.2. The summed E-state index contributed by atoms with van der Waals surface area (Å²) in [5, 5.41) is 22.3. The van der Waals surface area contributed by atoms with Gasteiger partial charge >= 0.3 is 0 Å². The van der Waals surface area contributed by atoms with Crippen LogP contribution in [0.25, 0.3) is 5.76 Å². The number of amides is 1. The highest BCUT2D eigenvalue weighted by Crippen LogP contribution is 2.43. The van der Waals surface area contributed by atoms with Crippen molar-refractivity contribution in [2.24, 2.45) is 0 Å². The number of nitrogens with zero attached hydrogens (tertiary/aromatic N) is 2. The second-order valence-corrected chi connectivity index (χ2v) is 7.64. The Labute approximate surface area is 184 Å². The van der Waals surface area contributed by atoms with Crippen LogP contribution < -0.4 is 4.74 Å². The van der Waals surface area contributed by atoms with Gasteiger partial charge in [0.2, 0.25) is 0 Å². The van der Waals surface area contributed by atoms with Gasteiger partial charge in [0, 0.05) is 36.4 Å². The van der Waals surface area contributed by atoms with Crippen molar-refractivity contribution in [2.45, 2.75) is 25.0 Å². The van der Waals surface area contributed by atoms with Crippen LogP contribution in [-0.4, -0.2) is 53.0 Å². The minimum atomic E-state index is -0.922. The fourth-order valence-electron chi connectivity index (χ4n) is 4.21. The van der Waals surface area contributed by atoms with E-state index in [1.165, 1.54) is 36.3 Å². The lowest BCUT2D eigenvalue weighted by atomic mass is 9.94. The molecule has 0 spiro atoms. The maximum Gasteiger partial charge on any atom is 0.295 e. The number of hydrogen-bond acceptors (Lipinski definition) is 7. The second kappa shape index (κ2) is 8.80. The molecular formula is C23H22N2O7. The largest absolute Gasteiger partial charge is 0.507 e. The molecule has 2 aromatic rings. The maximum atomic E-state index is 13.1. The van der Waals surface area contributed by atoms with Gasteiger partial charge in [0.25, 0.3) is 17.4 Å². The molecular weight excluding hydrogens is 416 g/mol. The van der Waals surface area contributed by atoms with Crippen LogP contribution in [-0.2, 0) is 14.3 Å². The van der Waals surface area contributed by atoms with Gasteiger partial charge < -0.3 is 19.5 Å². The van der Waals surface area contributed by atoms with Crippen LogP contribution in [0.4, 0.5) is 5.69 Å². The van der Waals surface area contributed by atoms with E-state index in [4.69, 9.17) is 9.47 Å². The number of ketones is 1. The average Bonchev–Trinajstić information content (AvgIpc) is 3.41. The minimum Gasteiger partial charge on any atom is -0.507 e. The summed E-state index contributed by atoms with van der Waals surface area (Å²) in [5.41, 5.74) is 0.225. The van der Waals surface area contributed by atoms with Crippen LogP contribution in [0.1, 0.15) is 30.0 Å². The summed E-state index contributed by atoms with van der Waals surface area (Å²) in [6.45, 7) is 0.764. The molecule has 166 valence electrons. The topological polar surface area (TPSA) is 119 Å². The number of rotatable bonds is 6. The second-order valence-electron chi connectivity index (χ2n) is 7.64. The number of carbonyl (C=O) groups is 2. The van der Waals surface area contributed by atoms with Crippen molar-refractivity contribution >= 4 is 23.1 Å². The van der Waals surface area contributed by atoms with Crippen molar-refractivity contribution in [3.05, 3.63) is 75.3 Å². The van der Waals surface area contributed by atoms with Gasteiger partial charge in [-0.1, -0.05) is 30.3 Å². The van der Waals surface area contributed by atoms with E-state index in [9.17, 15) is 24.8 Å². The summed E-state index contributed by atoms with van der Waals surface area (Å²) >= 11 is 0. The highest BCUT2D eigenvalue weighted by Gasteiger charge is 2.48. The van der Waals surface area contributed by atoms with E-state index in [1.54, 1.807) is 24.3 Å². The van der Waals surface area contributed by atoms with E-state index in [-0.39, 0.29) is 29.5 Å². The summed E-state index contributed by atoms with van der Waals surface area (Å²) in [6, 6.07) is 11.3. The summed E-state index contributed by atoms with van der Waals surface area (Å²) < 4.78 is 11.1. The zero-order valence-corrected chi connectivity index (χ0v) is 17.4. The predicted octanol–water partition coefficient (Wildman–Crippen LogP) is 3.20. The highest BCUT2D eigenvalue weighted by molar-refractivity contribution is 6.46. The molecule has 2 unspecified atom stereocenters. The van der Waals surface area contributed by atoms with Gasteiger partial charge in [0.1, 0.15) is 11.5 Å². The standard InChI is InChI=1S/C23H22N2O7/c1-31-18-10-3-2-9-17(18)20-19(21(26)14-6-4-7-15(12-14)25(29)30)22(27)23(28)24(20)13-16-8-5-11-32-16/h2-4,6-7,9-10,12,16,20,26H,5,8,11,13H2,1H3/b21-19+. The molecule has 32 heavy (non-hydrogen) atoms. The fraction of sp³-hybridized carbons (Fsp3) is 0.304. The molecule has 0 bridgehead atoms. The fourth-order valence-corrected chi connectivity index (χ4v) is 4.21. The molecule has 2 aliphatic heterocycles. The third kappa shape index (κ3) is 3.82. The number of aliphatic hydroxyl groups is 1. The van der Waals surface area contributed by atoms with Gasteiger partial charge in [0.05, 0.1) is 29.8 Å². The van der Waals surface area contributed by atoms with Gasteiger partial charge in [-0.25, -0.2) is 0 Å². The van der Waals surface area contributed by atoms with E-state index < -0.39 is 28.4 Å². The van der Waals surface area contributed by atoms with Crippen molar-refractivity contribution in [3.63, 3.8) is 0 Å². The number of para-hydroxylation sites is 1. The van der Waals surface area contributed by atoms with Crippen LogP contribution in [0.2, 0.25) is 0 Å². The van der Waals surface area contributed by atoms with Crippen LogP contribution in [0.15, 0.2) is 54.1 Å². The third-order valence-electron chi connectivity index (χ3n) is 5.73. The van der Waals surface area contributed by atoms with E-state index in [2.05, 4.69) is 0 Å². The Morgan fingerprint density at radius 3 is 2.72 bits per heavy atom. The Hall–Kier alpha value is -3.72. The van der Waals surface area contributed by atoms with Gasteiger partial charge in [-0.05, 0) is 18.9 Å². The van der Waals surface area contributed by atoms with Crippen molar-refractivity contribution in [3.8, 4) is 5.75 Å². The molecule has 9 nitrogen and oxygen atoms in total. The first-order valence-electron chi connectivity index (χ1n) is 10.2. The number of aliphatic hydroxyl groups excluding tert-OH is 1. The molecule has 2 saturated heterocycles. The summed E-state index contributed by atoms with van der Waals surface area (Å²) in [5.74, 6) is -1.65. The van der Waals surface area contributed by atoms with Crippen LogP contribution in [0.3, 0.4) is 0 Å². The zero-order valence-electron chi connectivity index (χ0n) is 17.4. The van der Waals surface area contributed by atoms with Gasteiger partial charge in [-0.3, -0.25) is 19.7 Å². The Bertz CT molecular complexity index is 1110. The number of nitro groups is 1. The number of hydrogen-bond donors (Lipinski definition) is 1. The third-order valence-corrected chi connectivity index (χ3v) is 5.73. The smallest absolute Gasteiger partial charge is 0.295 e. The first-order chi connectivity index (χ1) is 15.4.